The fourth-order valence-corrected chi connectivity index (χ4v) is 2.73. The predicted octanol–water partition coefficient (Wildman–Crippen LogP) is 4.81. The monoisotopic (exact) mass is 326 g/mol. The summed E-state index contributed by atoms with van der Waals surface area (Å²) in [6.45, 7) is 6.33. The van der Waals surface area contributed by atoms with Crippen molar-refractivity contribution >= 4 is 29.9 Å². The Hall–Kier alpha value is -1.94. The molecule has 2 nitrogen and oxygen atoms in total. The lowest BCUT2D eigenvalue weighted by Crippen LogP contribution is -2.26. The lowest BCUT2D eigenvalue weighted by molar-refractivity contribution is 0.628. The second-order valence-electron chi connectivity index (χ2n) is 6.28. The Balaban J connectivity index is 2.36. The lowest BCUT2D eigenvalue weighted by Gasteiger charge is -2.24. The van der Waals surface area contributed by atoms with E-state index < -0.39 is 0 Å². The summed E-state index contributed by atoms with van der Waals surface area (Å²) < 4.78 is 13.7. The van der Waals surface area contributed by atoms with Crippen LogP contribution in [0.25, 0.3) is 22.3 Å². The van der Waals surface area contributed by atoms with E-state index in [1.54, 1.807) is 6.07 Å². The first kappa shape index (κ1) is 15.9. The summed E-state index contributed by atoms with van der Waals surface area (Å²) in [6.07, 6.45) is 0. The highest BCUT2D eigenvalue weighted by Gasteiger charge is 2.27. The number of fused-ring (bicyclic) bond motifs is 1. The Kier molecular flexibility index (Phi) is 4.11. The van der Waals surface area contributed by atoms with Crippen LogP contribution in [-0.4, -0.2) is 17.2 Å². The number of para-hydroxylation sites is 1. The Bertz CT molecular complexity index is 880. The van der Waals surface area contributed by atoms with Gasteiger partial charge in [0.05, 0.1) is 21.9 Å². The van der Waals surface area contributed by atoms with E-state index in [-0.39, 0.29) is 11.1 Å². The van der Waals surface area contributed by atoms with Crippen molar-refractivity contribution in [2.24, 2.45) is 0 Å². The molecule has 0 N–H and O–H groups in total. The van der Waals surface area contributed by atoms with Gasteiger partial charge in [-0.05, 0) is 29.6 Å². The first-order chi connectivity index (χ1) is 10.9. The van der Waals surface area contributed by atoms with Gasteiger partial charge in [0.1, 0.15) is 18.6 Å². The van der Waals surface area contributed by atoms with Gasteiger partial charge in [-0.1, -0.05) is 50.5 Å². The molecule has 1 aromatic heterocycles. The number of halogens is 2. The number of benzene rings is 2. The molecule has 0 bridgehead atoms. The zero-order chi connectivity index (χ0) is 16.6. The van der Waals surface area contributed by atoms with E-state index in [4.69, 9.17) is 21.6 Å². The second-order valence-corrected chi connectivity index (χ2v) is 6.68. The molecule has 116 valence electrons. The summed E-state index contributed by atoms with van der Waals surface area (Å²) in [4.78, 5) is 9.55. The fraction of sp³-hybridized carbons (Fsp3) is 0.222. The normalized spacial score (nSPS) is 11.7. The maximum absolute atomic E-state index is 13.7. The van der Waals surface area contributed by atoms with Crippen molar-refractivity contribution in [1.29, 1.82) is 0 Å². The van der Waals surface area contributed by atoms with Crippen molar-refractivity contribution in [3.8, 4) is 11.3 Å². The number of hydrogen-bond donors (Lipinski definition) is 0. The van der Waals surface area contributed by atoms with E-state index in [0.29, 0.717) is 21.7 Å². The van der Waals surface area contributed by atoms with Crippen LogP contribution in [0, 0.1) is 5.82 Å². The molecule has 3 rings (SSSR count). The first-order valence-corrected chi connectivity index (χ1v) is 8.03. The molecule has 5 heteroatoms. The number of rotatable bonds is 3. The minimum absolute atomic E-state index is 0.192. The summed E-state index contributed by atoms with van der Waals surface area (Å²) in [7, 11) is 0.889. The van der Waals surface area contributed by atoms with Gasteiger partial charge in [0.15, 0.2) is 0 Å². The van der Waals surface area contributed by atoms with E-state index in [1.165, 1.54) is 12.1 Å². The Morgan fingerprint density at radius 2 is 1.83 bits per heavy atom. The quantitative estimate of drug-likeness (QED) is 0.646. The van der Waals surface area contributed by atoms with Gasteiger partial charge < -0.3 is 0 Å². The summed E-state index contributed by atoms with van der Waals surface area (Å²) in [5.74, 6) is -0.282. The van der Waals surface area contributed by atoms with Crippen molar-refractivity contribution < 1.29 is 4.39 Å². The van der Waals surface area contributed by atoms with Crippen LogP contribution in [0.1, 0.15) is 19.5 Å². The first-order valence-electron chi connectivity index (χ1n) is 7.65. The SMILES string of the molecule is CBC(C)(C)c1nc2c(Cl)cccc2nc1-c1cccc(F)c1. The standard InChI is InChI=1S/C18H17BClFN2/c1-18(2,19-3)17-15(11-6-4-7-12(21)10-11)22-14-9-5-8-13(20)16(14)23-17/h4-10,19H,1-3H3. The summed E-state index contributed by atoms with van der Waals surface area (Å²) in [6, 6.07) is 12.0. The molecule has 0 amide bonds. The van der Waals surface area contributed by atoms with Gasteiger partial charge in [-0.15, -0.1) is 0 Å². The molecular formula is C18H17BClFN2. The van der Waals surface area contributed by atoms with Gasteiger partial charge in [-0.2, -0.15) is 0 Å². The van der Waals surface area contributed by atoms with E-state index in [1.807, 2.05) is 24.3 Å². The predicted molar refractivity (Wildman–Crippen MR) is 96.0 cm³/mol. The lowest BCUT2D eigenvalue weighted by atomic mass is 9.54. The molecule has 0 aliphatic carbocycles. The molecule has 0 aliphatic heterocycles. The molecule has 2 aromatic carbocycles. The van der Waals surface area contributed by atoms with Crippen molar-refractivity contribution in [3.05, 3.63) is 59.0 Å². The topological polar surface area (TPSA) is 25.8 Å². The van der Waals surface area contributed by atoms with Gasteiger partial charge in [0.2, 0.25) is 0 Å². The van der Waals surface area contributed by atoms with E-state index >= 15 is 0 Å². The molecule has 0 atom stereocenters. The molecule has 0 saturated carbocycles. The molecule has 0 fully saturated rings. The van der Waals surface area contributed by atoms with Crippen LogP contribution >= 0.6 is 11.6 Å². The van der Waals surface area contributed by atoms with Crippen molar-refractivity contribution in [2.75, 3.05) is 0 Å². The maximum Gasteiger partial charge on any atom is 0.132 e. The number of nitrogens with zero attached hydrogens (tertiary/aromatic N) is 2. The molecule has 0 saturated heterocycles. The molecule has 0 unspecified atom stereocenters. The zero-order valence-electron chi connectivity index (χ0n) is 13.4. The molecule has 23 heavy (non-hydrogen) atoms. The average Bonchev–Trinajstić information content (AvgIpc) is 2.54. The largest absolute Gasteiger partial charge is 0.248 e. The van der Waals surface area contributed by atoms with Crippen molar-refractivity contribution in [2.45, 2.75) is 26.0 Å². The van der Waals surface area contributed by atoms with Crippen LogP contribution in [-0.2, 0) is 5.31 Å². The summed E-state index contributed by atoms with van der Waals surface area (Å²) >= 11 is 6.28. The molecule has 3 aromatic rings. The Labute approximate surface area is 141 Å². The molecule has 0 radical (unpaired) electrons. The average molecular weight is 327 g/mol. The highest BCUT2D eigenvalue weighted by Crippen LogP contribution is 2.33. The molecule has 0 aliphatic rings. The highest BCUT2D eigenvalue weighted by atomic mass is 35.5. The van der Waals surface area contributed by atoms with Crippen LogP contribution in [0.2, 0.25) is 11.8 Å². The Morgan fingerprint density at radius 3 is 2.52 bits per heavy atom. The second kappa shape index (κ2) is 5.93. The van der Waals surface area contributed by atoms with Gasteiger partial charge >= 0.3 is 0 Å². The number of hydrogen-bond acceptors (Lipinski definition) is 2. The van der Waals surface area contributed by atoms with Gasteiger partial charge in [0.25, 0.3) is 0 Å². The third kappa shape index (κ3) is 2.96. The third-order valence-corrected chi connectivity index (χ3v) is 4.57. The minimum atomic E-state index is -0.282. The Morgan fingerprint density at radius 1 is 1.09 bits per heavy atom. The van der Waals surface area contributed by atoms with Crippen LogP contribution in [0.4, 0.5) is 4.39 Å². The summed E-state index contributed by atoms with van der Waals surface area (Å²) in [5.41, 5.74) is 3.69. The number of aromatic nitrogens is 2. The van der Waals surface area contributed by atoms with Crippen LogP contribution in [0.5, 0.6) is 0 Å². The van der Waals surface area contributed by atoms with Crippen LogP contribution < -0.4 is 0 Å². The molecular weight excluding hydrogens is 309 g/mol. The minimum Gasteiger partial charge on any atom is -0.248 e. The van der Waals surface area contributed by atoms with Crippen LogP contribution in [0.3, 0.4) is 0 Å². The summed E-state index contributed by atoms with van der Waals surface area (Å²) in [5, 5.41) is 0.385. The fourth-order valence-electron chi connectivity index (χ4n) is 2.52. The van der Waals surface area contributed by atoms with E-state index in [0.717, 1.165) is 18.5 Å². The third-order valence-electron chi connectivity index (χ3n) is 4.27. The highest BCUT2D eigenvalue weighted by molar-refractivity contribution is 6.38. The van der Waals surface area contributed by atoms with E-state index in [9.17, 15) is 4.39 Å². The molecule has 1 heterocycles. The van der Waals surface area contributed by atoms with Gasteiger partial charge in [0, 0.05) is 5.56 Å². The van der Waals surface area contributed by atoms with Crippen molar-refractivity contribution in [3.63, 3.8) is 0 Å². The van der Waals surface area contributed by atoms with Gasteiger partial charge in [-0.3, -0.25) is 0 Å². The van der Waals surface area contributed by atoms with Gasteiger partial charge in [-0.25, -0.2) is 14.4 Å². The zero-order valence-corrected chi connectivity index (χ0v) is 14.2. The maximum atomic E-state index is 13.7. The van der Waals surface area contributed by atoms with E-state index in [2.05, 4.69) is 20.7 Å². The smallest absolute Gasteiger partial charge is 0.132 e. The van der Waals surface area contributed by atoms with Crippen molar-refractivity contribution in [1.82, 2.24) is 9.97 Å². The van der Waals surface area contributed by atoms with Crippen LogP contribution in [0.15, 0.2) is 42.5 Å². The molecule has 0 spiro atoms.